The van der Waals surface area contributed by atoms with E-state index in [0.29, 0.717) is 43.9 Å². The van der Waals surface area contributed by atoms with Crippen LogP contribution in [0.4, 0.5) is 0 Å². The van der Waals surface area contributed by atoms with Crippen LogP contribution in [-0.4, -0.2) is 40.6 Å². The molecule has 0 spiro atoms. The standard InChI is InChI=1S/C26H25N3O5S/c1-33-26(32)24-21-8-9-28(15-18-13-17-5-2-3-7-20(17)27-25(18)31)10-11-29(21)23(30)14-22(24)34-16-19-6-4-12-35-19/h2-7,12-14H,8-11,15-16H2,1H3,(H,27,31). The molecule has 1 N–H and O–H groups in total. The van der Waals surface area contributed by atoms with E-state index in [1.54, 1.807) is 15.9 Å². The summed E-state index contributed by atoms with van der Waals surface area (Å²) >= 11 is 1.54. The number of ether oxygens (including phenoxy) is 2. The van der Waals surface area contributed by atoms with E-state index < -0.39 is 5.97 Å². The van der Waals surface area contributed by atoms with Crippen molar-refractivity contribution in [2.75, 3.05) is 20.2 Å². The molecule has 0 radical (unpaired) electrons. The summed E-state index contributed by atoms with van der Waals surface area (Å²) in [6.07, 6.45) is 0.446. The largest absolute Gasteiger partial charge is 0.487 e. The van der Waals surface area contributed by atoms with Gasteiger partial charge >= 0.3 is 5.97 Å². The van der Waals surface area contributed by atoms with Crippen LogP contribution in [0.3, 0.4) is 0 Å². The van der Waals surface area contributed by atoms with E-state index in [1.165, 1.54) is 13.2 Å². The molecule has 1 aliphatic rings. The highest BCUT2D eigenvalue weighted by atomic mass is 32.1. The van der Waals surface area contributed by atoms with Crippen molar-refractivity contribution >= 4 is 28.2 Å². The molecule has 0 amide bonds. The maximum Gasteiger partial charge on any atom is 0.343 e. The average Bonchev–Trinajstić information content (AvgIpc) is 3.30. The van der Waals surface area contributed by atoms with Gasteiger partial charge in [0.05, 0.1) is 7.11 Å². The Hall–Kier alpha value is -3.69. The first kappa shape index (κ1) is 23.1. The average molecular weight is 492 g/mol. The number of nitrogens with zero attached hydrogens (tertiary/aromatic N) is 2. The zero-order valence-electron chi connectivity index (χ0n) is 19.3. The summed E-state index contributed by atoms with van der Waals surface area (Å²) in [7, 11) is 1.32. The number of nitrogens with one attached hydrogen (secondary N) is 1. The zero-order valence-corrected chi connectivity index (χ0v) is 20.1. The van der Waals surface area contributed by atoms with Gasteiger partial charge < -0.3 is 19.0 Å². The van der Waals surface area contributed by atoms with Crippen LogP contribution in [0.2, 0.25) is 0 Å². The number of hydrogen-bond acceptors (Lipinski definition) is 7. The third kappa shape index (κ3) is 4.78. The second-order valence-corrected chi connectivity index (χ2v) is 9.45. The minimum atomic E-state index is -0.533. The highest BCUT2D eigenvalue weighted by molar-refractivity contribution is 7.09. The van der Waals surface area contributed by atoms with E-state index in [4.69, 9.17) is 9.47 Å². The van der Waals surface area contributed by atoms with Gasteiger partial charge in [-0.1, -0.05) is 24.3 Å². The Labute approximate surface area is 205 Å². The van der Waals surface area contributed by atoms with Gasteiger partial charge in [0, 0.05) is 60.3 Å². The first-order chi connectivity index (χ1) is 17.0. The van der Waals surface area contributed by atoms with E-state index in [9.17, 15) is 14.4 Å². The molecule has 0 atom stereocenters. The van der Waals surface area contributed by atoms with Crippen LogP contribution in [0.25, 0.3) is 10.9 Å². The fourth-order valence-corrected chi connectivity index (χ4v) is 5.10. The third-order valence-electron chi connectivity index (χ3n) is 6.25. The van der Waals surface area contributed by atoms with Gasteiger partial charge in [-0.3, -0.25) is 14.5 Å². The minimum Gasteiger partial charge on any atom is -0.487 e. The summed E-state index contributed by atoms with van der Waals surface area (Å²) in [6.45, 7) is 2.24. The van der Waals surface area contributed by atoms with Crippen LogP contribution in [0.5, 0.6) is 5.75 Å². The van der Waals surface area contributed by atoms with Crippen molar-refractivity contribution in [1.82, 2.24) is 14.5 Å². The zero-order chi connectivity index (χ0) is 24.4. The molecule has 0 bridgehead atoms. The van der Waals surface area contributed by atoms with Crippen molar-refractivity contribution in [3.8, 4) is 5.75 Å². The molecule has 180 valence electrons. The Morgan fingerprint density at radius 2 is 1.94 bits per heavy atom. The number of para-hydroxylation sites is 1. The Morgan fingerprint density at radius 1 is 1.09 bits per heavy atom. The molecule has 0 saturated carbocycles. The molecule has 35 heavy (non-hydrogen) atoms. The smallest absolute Gasteiger partial charge is 0.343 e. The molecule has 8 nitrogen and oxygen atoms in total. The van der Waals surface area contributed by atoms with E-state index in [1.807, 2.05) is 47.8 Å². The first-order valence-electron chi connectivity index (χ1n) is 11.4. The second-order valence-electron chi connectivity index (χ2n) is 8.42. The fourth-order valence-electron chi connectivity index (χ4n) is 4.48. The number of carbonyl (C=O) groups excluding carboxylic acids is 1. The van der Waals surface area contributed by atoms with Gasteiger partial charge in [-0.2, -0.15) is 0 Å². The quantitative estimate of drug-likeness (QED) is 0.417. The number of thiophene rings is 1. The molecule has 0 aliphatic carbocycles. The molecule has 9 heteroatoms. The summed E-state index contributed by atoms with van der Waals surface area (Å²) in [6, 6.07) is 14.8. The van der Waals surface area contributed by atoms with Crippen LogP contribution in [0.15, 0.2) is 63.5 Å². The number of aromatic nitrogens is 2. The van der Waals surface area contributed by atoms with E-state index >= 15 is 0 Å². The van der Waals surface area contributed by atoms with E-state index in [2.05, 4.69) is 9.88 Å². The number of pyridine rings is 2. The number of benzene rings is 1. The Bertz CT molecular complexity index is 1490. The van der Waals surface area contributed by atoms with Crippen molar-refractivity contribution in [2.45, 2.75) is 26.1 Å². The normalized spacial score (nSPS) is 13.9. The number of esters is 1. The van der Waals surface area contributed by atoms with Gasteiger partial charge in [0.1, 0.15) is 17.9 Å². The summed E-state index contributed by atoms with van der Waals surface area (Å²) in [5.41, 5.74) is 2.00. The van der Waals surface area contributed by atoms with Crippen LogP contribution >= 0.6 is 11.3 Å². The third-order valence-corrected chi connectivity index (χ3v) is 7.10. The lowest BCUT2D eigenvalue weighted by molar-refractivity contribution is 0.0592. The van der Waals surface area contributed by atoms with Gasteiger partial charge in [-0.05, 0) is 29.0 Å². The summed E-state index contributed by atoms with van der Waals surface area (Å²) < 4.78 is 12.6. The molecule has 0 fully saturated rings. The van der Waals surface area contributed by atoms with Crippen LogP contribution in [-0.2, 0) is 30.9 Å². The predicted molar refractivity (Wildman–Crippen MR) is 134 cm³/mol. The summed E-state index contributed by atoms with van der Waals surface area (Å²) in [5.74, 6) is -0.296. The Morgan fingerprint density at radius 3 is 2.74 bits per heavy atom. The summed E-state index contributed by atoms with van der Waals surface area (Å²) in [4.78, 5) is 44.4. The Balaban J connectivity index is 1.42. The van der Waals surface area contributed by atoms with Crippen molar-refractivity contribution in [2.24, 2.45) is 0 Å². The molecule has 0 unspecified atom stereocenters. The highest BCUT2D eigenvalue weighted by Crippen LogP contribution is 2.26. The van der Waals surface area contributed by atoms with Crippen LogP contribution in [0, 0.1) is 0 Å². The second kappa shape index (κ2) is 9.89. The van der Waals surface area contributed by atoms with Crippen molar-refractivity contribution in [3.63, 3.8) is 0 Å². The number of methoxy groups -OCH3 is 1. The van der Waals surface area contributed by atoms with Gasteiger partial charge in [0.2, 0.25) is 0 Å². The number of aromatic amines is 1. The molecule has 4 aromatic rings. The van der Waals surface area contributed by atoms with Crippen LogP contribution in [0.1, 0.15) is 26.5 Å². The van der Waals surface area contributed by atoms with Crippen molar-refractivity contribution in [1.29, 1.82) is 0 Å². The molecule has 1 aliphatic heterocycles. The van der Waals surface area contributed by atoms with Gasteiger partial charge in [0.25, 0.3) is 11.1 Å². The van der Waals surface area contributed by atoms with Crippen molar-refractivity contribution < 1.29 is 14.3 Å². The van der Waals surface area contributed by atoms with Crippen molar-refractivity contribution in [3.05, 3.63) is 96.3 Å². The lowest BCUT2D eigenvalue weighted by atomic mass is 10.1. The predicted octanol–water partition coefficient (Wildman–Crippen LogP) is 3.18. The number of rotatable bonds is 6. The molecular weight excluding hydrogens is 466 g/mol. The Kier molecular flexibility index (Phi) is 6.52. The number of fused-ring (bicyclic) bond motifs is 2. The summed E-state index contributed by atoms with van der Waals surface area (Å²) in [5, 5.41) is 2.91. The maximum absolute atomic E-state index is 13.0. The van der Waals surface area contributed by atoms with E-state index in [-0.39, 0.29) is 29.0 Å². The molecular formula is C26H25N3O5S. The monoisotopic (exact) mass is 491 g/mol. The van der Waals surface area contributed by atoms with Gasteiger partial charge in [-0.15, -0.1) is 11.3 Å². The minimum absolute atomic E-state index is 0.123. The van der Waals surface area contributed by atoms with Gasteiger partial charge in [-0.25, -0.2) is 4.79 Å². The lowest BCUT2D eigenvalue weighted by Gasteiger charge is -2.19. The molecule has 5 rings (SSSR count). The van der Waals surface area contributed by atoms with Gasteiger partial charge in [0.15, 0.2) is 0 Å². The molecule has 4 heterocycles. The SMILES string of the molecule is COC(=O)c1c(OCc2cccs2)cc(=O)n2c1CCN(Cc1cc3ccccc3[nH]c1=O)CC2. The fraction of sp³-hybridized carbons (Fsp3) is 0.269. The molecule has 0 saturated heterocycles. The lowest BCUT2D eigenvalue weighted by Crippen LogP contribution is -2.30. The maximum atomic E-state index is 13.0. The van der Waals surface area contributed by atoms with Crippen LogP contribution < -0.4 is 15.9 Å². The first-order valence-corrected chi connectivity index (χ1v) is 12.2. The topological polar surface area (TPSA) is 93.6 Å². The highest BCUT2D eigenvalue weighted by Gasteiger charge is 2.26. The molecule has 1 aromatic carbocycles. The molecule has 3 aromatic heterocycles. The number of carbonyl (C=O) groups is 1. The van der Waals surface area contributed by atoms with E-state index in [0.717, 1.165) is 15.8 Å². The number of hydrogen-bond donors (Lipinski definition) is 1. The number of H-pyrrole nitrogens is 1.